The quantitative estimate of drug-likeness (QED) is 0.112. The number of esters is 2. The van der Waals surface area contributed by atoms with E-state index in [1.165, 1.54) is 19.3 Å². The normalized spacial score (nSPS) is 11.0. The largest absolute Gasteiger partial charge is 0.463 e. The molecule has 224 valence electrons. The average molecular weight is 557 g/mol. The molecule has 1 aromatic carbocycles. The van der Waals surface area contributed by atoms with Crippen molar-refractivity contribution in [3.05, 3.63) is 35.9 Å². The molecule has 0 fully saturated rings. The van der Waals surface area contributed by atoms with E-state index in [0.29, 0.717) is 91.3 Å². The lowest BCUT2D eigenvalue weighted by Crippen LogP contribution is -2.15. The van der Waals surface area contributed by atoms with Crippen LogP contribution >= 0.6 is 0 Å². The van der Waals surface area contributed by atoms with Gasteiger partial charge in [0.05, 0.1) is 84.8 Å². The lowest BCUT2D eigenvalue weighted by atomic mass is 10.1. The lowest BCUT2D eigenvalue weighted by molar-refractivity contribution is -0.145. The smallest absolute Gasteiger partial charge is 0.338 e. The van der Waals surface area contributed by atoms with Crippen molar-refractivity contribution in [2.45, 2.75) is 45.4 Å². The SMILES string of the molecule is CCCCCCCC(=O)OCCOCCOCCOCCOCCOCCOCCOC(=O)c1ccccc1. The molecule has 39 heavy (non-hydrogen) atoms. The molecule has 1 rings (SSSR count). The average Bonchev–Trinajstić information content (AvgIpc) is 2.96. The van der Waals surface area contributed by atoms with E-state index in [-0.39, 0.29) is 25.2 Å². The van der Waals surface area contributed by atoms with Crippen LogP contribution < -0.4 is 0 Å². The van der Waals surface area contributed by atoms with Crippen LogP contribution in [-0.2, 0) is 42.7 Å². The van der Waals surface area contributed by atoms with Crippen LogP contribution in [0.1, 0.15) is 55.8 Å². The molecule has 10 heteroatoms. The number of carbonyl (C=O) groups excluding carboxylic acids is 2. The highest BCUT2D eigenvalue weighted by molar-refractivity contribution is 5.89. The molecule has 0 saturated heterocycles. The van der Waals surface area contributed by atoms with E-state index in [9.17, 15) is 9.59 Å². The van der Waals surface area contributed by atoms with Gasteiger partial charge in [-0.3, -0.25) is 4.79 Å². The molecule has 0 saturated carbocycles. The summed E-state index contributed by atoms with van der Waals surface area (Å²) in [6, 6.07) is 8.84. The standard InChI is InChI=1S/C29H48O10/c1-2-3-4-5-9-12-28(30)38-25-23-36-21-19-34-17-15-32-13-14-33-16-18-35-20-22-37-24-26-39-29(31)27-10-7-6-8-11-27/h6-8,10-11H,2-5,9,12-26H2,1H3. The summed E-state index contributed by atoms with van der Waals surface area (Å²) in [5.41, 5.74) is 0.525. The third kappa shape index (κ3) is 23.5. The first kappa shape index (κ1) is 34.9. The highest BCUT2D eigenvalue weighted by Crippen LogP contribution is 2.05. The third-order valence-corrected chi connectivity index (χ3v) is 5.31. The molecule has 0 unspecified atom stereocenters. The van der Waals surface area contributed by atoms with Crippen molar-refractivity contribution in [3.63, 3.8) is 0 Å². The second-order valence-electron chi connectivity index (χ2n) is 8.56. The monoisotopic (exact) mass is 556 g/mol. The number of hydrogen-bond acceptors (Lipinski definition) is 10. The highest BCUT2D eigenvalue weighted by atomic mass is 16.6. The van der Waals surface area contributed by atoms with E-state index < -0.39 is 0 Å². The Morgan fingerprint density at radius 1 is 0.513 bits per heavy atom. The Bertz CT molecular complexity index is 686. The van der Waals surface area contributed by atoms with Gasteiger partial charge in [-0.15, -0.1) is 0 Å². The molecule has 0 aliphatic carbocycles. The number of unbranched alkanes of at least 4 members (excludes halogenated alkanes) is 4. The Hall–Kier alpha value is -2.08. The lowest BCUT2D eigenvalue weighted by Gasteiger charge is -2.09. The van der Waals surface area contributed by atoms with Crippen molar-refractivity contribution in [3.8, 4) is 0 Å². The maximum atomic E-state index is 11.8. The van der Waals surface area contributed by atoms with Gasteiger partial charge in [0.25, 0.3) is 0 Å². The van der Waals surface area contributed by atoms with E-state index >= 15 is 0 Å². The minimum absolute atomic E-state index is 0.151. The molecule has 0 spiro atoms. The van der Waals surface area contributed by atoms with E-state index in [4.69, 9.17) is 37.9 Å². The summed E-state index contributed by atoms with van der Waals surface area (Å²) in [4.78, 5) is 23.3. The van der Waals surface area contributed by atoms with Crippen LogP contribution in [0, 0.1) is 0 Å². The van der Waals surface area contributed by atoms with Crippen molar-refractivity contribution in [2.75, 3.05) is 92.5 Å². The Morgan fingerprint density at radius 2 is 0.923 bits per heavy atom. The van der Waals surface area contributed by atoms with Gasteiger partial charge in [-0.05, 0) is 18.6 Å². The van der Waals surface area contributed by atoms with E-state index in [1.807, 2.05) is 6.07 Å². The maximum Gasteiger partial charge on any atom is 0.338 e. The van der Waals surface area contributed by atoms with Crippen LogP contribution in [0.2, 0.25) is 0 Å². The van der Waals surface area contributed by atoms with Crippen LogP contribution in [0.3, 0.4) is 0 Å². The molecule has 0 atom stereocenters. The molecule has 0 radical (unpaired) electrons. The fourth-order valence-corrected chi connectivity index (χ4v) is 3.21. The van der Waals surface area contributed by atoms with Gasteiger partial charge in [-0.2, -0.15) is 0 Å². The molecule has 0 bridgehead atoms. The topological polar surface area (TPSA) is 108 Å². The van der Waals surface area contributed by atoms with E-state index in [1.54, 1.807) is 24.3 Å². The highest BCUT2D eigenvalue weighted by Gasteiger charge is 2.05. The molecule has 1 aromatic rings. The zero-order valence-corrected chi connectivity index (χ0v) is 23.6. The van der Waals surface area contributed by atoms with Crippen LogP contribution in [0.15, 0.2) is 30.3 Å². The van der Waals surface area contributed by atoms with Gasteiger partial charge < -0.3 is 37.9 Å². The summed E-state index contributed by atoms with van der Waals surface area (Å²) in [5, 5.41) is 0. The Balaban J connectivity index is 1.69. The molecule has 0 N–H and O–H groups in total. The van der Waals surface area contributed by atoms with Gasteiger partial charge in [0.2, 0.25) is 0 Å². The fourth-order valence-electron chi connectivity index (χ4n) is 3.21. The van der Waals surface area contributed by atoms with Crippen LogP contribution in [0.4, 0.5) is 0 Å². The summed E-state index contributed by atoms with van der Waals surface area (Å²) >= 11 is 0. The van der Waals surface area contributed by atoms with Gasteiger partial charge >= 0.3 is 11.9 Å². The van der Waals surface area contributed by atoms with Gasteiger partial charge in [0, 0.05) is 6.42 Å². The third-order valence-electron chi connectivity index (χ3n) is 5.31. The number of rotatable bonds is 28. The molecule has 0 heterocycles. The van der Waals surface area contributed by atoms with Crippen molar-refractivity contribution in [1.82, 2.24) is 0 Å². The fraction of sp³-hybridized carbons (Fsp3) is 0.724. The molecule has 0 aliphatic rings. The first-order chi connectivity index (χ1) is 19.2. The van der Waals surface area contributed by atoms with Crippen molar-refractivity contribution >= 4 is 11.9 Å². The summed E-state index contributed by atoms with van der Waals surface area (Å²) < 4.78 is 42.8. The van der Waals surface area contributed by atoms with Gasteiger partial charge in [-0.1, -0.05) is 50.8 Å². The Morgan fingerprint density at radius 3 is 1.38 bits per heavy atom. The number of hydrogen-bond donors (Lipinski definition) is 0. The van der Waals surface area contributed by atoms with Crippen LogP contribution in [-0.4, -0.2) is 104 Å². The predicted molar refractivity (Wildman–Crippen MR) is 146 cm³/mol. The molecular formula is C29H48O10. The summed E-state index contributed by atoms with van der Waals surface area (Å²) in [5.74, 6) is -0.507. The number of carbonyl (C=O) groups is 2. The minimum Gasteiger partial charge on any atom is -0.463 e. The number of ether oxygens (including phenoxy) is 8. The molecular weight excluding hydrogens is 508 g/mol. The Labute approximate surface area is 233 Å². The van der Waals surface area contributed by atoms with Crippen molar-refractivity contribution < 1.29 is 47.5 Å². The summed E-state index contributed by atoms with van der Waals surface area (Å²) in [6.07, 6.45) is 6.06. The predicted octanol–water partition coefficient (Wildman–Crippen LogP) is 3.85. The van der Waals surface area contributed by atoms with Crippen LogP contribution in [0.25, 0.3) is 0 Å². The molecule has 10 nitrogen and oxygen atoms in total. The second-order valence-corrected chi connectivity index (χ2v) is 8.56. The van der Waals surface area contributed by atoms with Crippen molar-refractivity contribution in [1.29, 1.82) is 0 Å². The Kier molecular flexibility index (Phi) is 24.6. The minimum atomic E-state index is -0.357. The van der Waals surface area contributed by atoms with Crippen LogP contribution in [0.5, 0.6) is 0 Å². The van der Waals surface area contributed by atoms with Gasteiger partial charge in [0.1, 0.15) is 13.2 Å². The summed E-state index contributed by atoms with van der Waals surface area (Å²) in [6.45, 7) is 7.98. The molecule has 0 amide bonds. The zero-order chi connectivity index (χ0) is 28.1. The van der Waals surface area contributed by atoms with E-state index in [0.717, 1.165) is 12.8 Å². The van der Waals surface area contributed by atoms with Gasteiger partial charge in [0.15, 0.2) is 0 Å². The molecule has 0 aliphatic heterocycles. The zero-order valence-electron chi connectivity index (χ0n) is 23.6. The maximum absolute atomic E-state index is 11.8. The van der Waals surface area contributed by atoms with Crippen molar-refractivity contribution in [2.24, 2.45) is 0 Å². The summed E-state index contributed by atoms with van der Waals surface area (Å²) in [7, 11) is 0. The second kappa shape index (κ2) is 27.5. The molecule has 0 aromatic heterocycles. The number of benzene rings is 1. The first-order valence-corrected chi connectivity index (χ1v) is 14.1. The van der Waals surface area contributed by atoms with E-state index in [2.05, 4.69) is 6.92 Å². The first-order valence-electron chi connectivity index (χ1n) is 14.1. The van der Waals surface area contributed by atoms with Gasteiger partial charge in [-0.25, -0.2) is 4.79 Å².